The molecule has 1 saturated carbocycles. The second-order valence-corrected chi connectivity index (χ2v) is 6.19. The van der Waals surface area contributed by atoms with Crippen LogP contribution in [0.3, 0.4) is 0 Å². The fourth-order valence-electron chi connectivity index (χ4n) is 2.95. The maximum atomic E-state index is 14.3. The Morgan fingerprint density at radius 1 is 1.38 bits per heavy atom. The summed E-state index contributed by atoms with van der Waals surface area (Å²) < 4.78 is 15.3. The number of hydrogen-bond donors (Lipinski definition) is 4. The number of aromatic nitrogens is 2. The van der Waals surface area contributed by atoms with Crippen molar-refractivity contribution in [3.8, 4) is 0 Å². The molecule has 3 rings (SSSR count). The molecule has 1 aliphatic carbocycles. The molecule has 1 fully saturated rings. The minimum absolute atomic E-state index is 0.0143. The van der Waals surface area contributed by atoms with Gasteiger partial charge < -0.3 is 20.6 Å². The topological polar surface area (TPSA) is 125 Å². The molecule has 4 N–H and O–H groups in total. The number of nitrogens with one attached hydrogen (secondary N) is 1. The molecule has 1 aromatic carbocycles. The van der Waals surface area contributed by atoms with Gasteiger partial charge in [-0.15, -0.1) is 0 Å². The molecule has 1 heterocycles. The molecule has 0 spiro atoms. The third kappa shape index (κ3) is 3.12. The molecule has 138 valence electrons. The van der Waals surface area contributed by atoms with Crippen LogP contribution in [0.15, 0.2) is 47.4 Å². The van der Waals surface area contributed by atoms with E-state index in [9.17, 15) is 24.2 Å². The van der Waals surface area contributed by atoms with Crippen molar-refractivity contribution in [2.75, 3.05) is 11.9 Å². The number of carbonyl (C=O) groups excluding carboxylic acids is 1. The van der Waals surface area contributed by atoms with Gasteiger partial charge in [0.1, 0.15) is 17.5 Å². The number of alkyl halides is 1. The summed E-state index contributed by atoms with van der Waals surface area (Å²) in [6.07, 6.45) is -2.55. The molecule has 26 heavy (non-hydrogen) atoms. The van der Waals surface area contributed by atoms with Crippen LogP contribution >= 0.6 is 0 Å². The van der Waals surface area contributed by atoms with Gasteiger partial charge in [0.25, 0.3) is 5.91 Å². The summed E-state index contributed by atoms with van der Waals surface area (Å²) in [7, 11) is 0. The average molecular weight is 363 g/mol. The number of amides is 1. The van der Waals surface area contributed by atoms with Gasteiger partial charge in [0.15, 0.2) is 6.17 Å². The third-order valence-corrected chi connectivity index (χ3v) is 4.57. The van der Waals surface area contributed by atoms with Crippen molar-refractivity contribution in [2.24, 2.45) is 0 Å². The Morgan fingerprint density at radius 3 is 2.65 bits per heavy atom. The molecular weight excluding hydrogens is 345 g/mol. The Bertz CT molecular complexity index is 859. The van der Waals surface area contributed by atoms with Crippen molar-refractivity contribution in [3.63, 3.8) is 0 Å². The smallest absolute Gasteiger partial charge is 0.349 e. The molecule has 2 aromatic rings. The van der Waals surface area contributed by atoms with Crippen LogP contribution in [0.2, 0.25) is 0 Å². The van der Waals surface area contributed by atoms with Gasteiger partial charge in [0.05, 0.1) is 12.6 Å². The lowest BCUT2D eigenvalue weighted by Crippen LogP contribution is -2.65. The minimum atomic E-state index is -2.10. The van der Waals surface area contributed by atoms with Crippen molar-refractivity contribution in [1.82, 2.24) is 9.55 Å². The summed E-state index contributed by atoms with van der Waals surface area (Å²) >= 11 is 0. The third-order valence-electron chi connectivity index (χ3n) is 4.57. The zero-order valence-electron chi connectivity index (χ0n) is 13.6. The fraction of sp³-hybridized carbons (Fsp3) is 0.353. The summed E-state index contributed by atoms with van der Waals surface area (Å²) in [5.41, 5.74) is -2.51. The Balaban J connectivity index is 1.73. The van der Waals surface area contributed by atoms with E-state index in [1.807, 2.05) is 0 Å². The number of hydrogen-bond acceptors (Lipinski definition) is 6. The molecule has 4 atom stereocenters. The van der Waals surface area contributed by atoms with Crippen molar-refractivity contribution in [2.45, 2.75) is 30.3 Å². The standard InChI is InChI=1S/C17H18FN3O5/c18-14-11(8-17(14,26)12(23)9-22)21-7-6-13(20-16(21)25)19-15(24)10-4-2-1-3-5-10/h1-7,11-12,14,22-23,26H,8-9H2,(H,19,20,24,25). The van der Waals surface area contributed by atoms with Gasteiger partial charge in [-0.25, -0.2) is 9.18 Å². The number of aliphatic hydroxyl groups is 3. The normalized spacial score (nSPS) is 26.0. The monoisotopic (exact) mass is 363 g/mol. The SMILES string of the molecule is O=C(Nc1ccn(C2CC(O)(C(O)CO)C2F)c(=O)n1)c1ccccc1. The Hall–Kier alpha value is -2.62. The van der Waals surface area contributed by atoms with Crippen LogP contribution in [0.4, 0.5) is 10.2 Å². The Labute approximate surface area is 147 Å². The van der Waals surface area contributed by atoms with E-state index in [1.54, 1.807) is 30.3 Å². The maximum Gasteiger partial charge on any atom is 0.349 e. The predicted octanol–water partition coefficient (Wildman–Crippen LogP) is -0.137. The number of carbonyl (C=O) groups is 1. The molecule has 8 nitrogen and oxygen atoms in total. The molecule has 1 aliphatic rings. The number of nitrogens with zero attached hydrogens (tertiary/aromatic N) is 2. The quantitative estimate of drug-likeness (QED) is 0.586. The summed E-state index contributed by atoms with van der Waals surface area (Å²) in [5, 5.41) is 30.9. The highest BCUT2D eigenvalue weighted by atomic mass is 19.1. The first-order chi connectivity index (χ1) is 12.4. The lowest BCUT2D eigenvalue weighted by Gasteiger charge is -2.49. The number of halogens is 1. The molecular formula is C17H18FN3O5. The van der Waals surface area contributed by atoms with E-state index in [0.717, 1.165) is 4.57 Å². The highest BCUT2D eigenvalue weighted by Crippen LogP contribution is 2.45. The maximum absolute atomic E-state index is 14.3. The van der Waals surface area contributed by atoms with Crippen molar-refractivity contribution in [3.05, 3.63) is 58.6 Å². The first kappa shape index (κ1) is 18.2. The van der Waals surface area contributed by atoms with E-state index in [1.165, 1.54) is 12.3 Å². The lowest BCUT2D eigenvalue weighted by atomic mass is 9.70. The zero-order chi connectivity index (χ0) is 18.9. The first-order valence-corrected chi connectivity index (χ1v) is 7.98. The van der Waals surface area contributed by atoms with E-state index in [0.29, 0.717) is 5.56 Å². The van der Waals surface area contributed by atoms with Crippen LogP contribution < -0.4 is 11.0 Å². The highest BCUT2D eigenvalue weighted by molar-refractivity contribution is 6.03. The second kappa shape index (κ2) is 6.94. The van der Waals surface area contributed by atoms with Crippen LogP contribution in [0.5, 0.6) is 0 Å². The van der Waals surface area contributed by atoms with E-state index >= 15 is 0 Å². The van der Waals surface area contributed by atoms with E-state index < -0.39 is 42.1 Å². The first-order valence-electron chi connectivity index (χ1n) is 7.98. The van der Waals surface area contributed by atoms with Crippen molar-refractivity contribution in [1.29, 1.82) is 0 Å². The lowest BCUT2D eigenvalue weighted by molar-refractivity contribution is -0.209. The van der Waals surface area contributed by atoms with E-state index in [4.69, 9.17) is 5.11 Å². The number of anilines is 1. The van der Waals surface area contributed by atoms with Crippen molar-refractivity contribution >= 4 is 11.7 Å². The predicted molar refractivity (Wildman–Crippen MR) is 89.5 cm³/mol. The molecule has 1 aromatic heterocycles. The molecule has 4 unspecified atom stereocenters. The molecule has 0 radical (unpaired) electrons. The van der Waals surface area contributed by atoms with Crippen LogP contribution in [-0.2, 0) is 0 Å². The number of benzene rings is 1. The highest BCUT2D eigenvalue weighted by Gasteiger charge is 2.59. The molecule has 0 saturated heterocycles. The fourth-order valence-corrected chi connectivity index (χ4v) is 2.95. The van der Waals surface area contributed by atoms with E-state index in [-0.39, 0.29) is 12.2 Å². The van der Waals surface area contributed by atoms with Gasteiger partial charge in [0.2, 0.25) is 0 Å². The average Bonchev–Trinajstić information content (AvgIpc) is 2.66. The van der Waals surface area contributed by atoms with Crippen LogP contribution in [0.1, 0.15) is 22.8 Å². The Morgan fingerprint density at radius 2 is 2.08 bits per heavy atom. The van der Waals surface area contributed by atoms with Gasteiger partial charge in [-0.05, 0) is 18.2 Å². The number of rotatable bonds is 5. The van der Waals surface area contributed by atoms with Crippen LogP contribution in [0.25, 0.3) is 0 Å². The van der Waals surface area contributed by atoms with E-state index in [2.05, 4.69) is 10.3 Å². The largest absolute Gasteiger partial charge is 0.394 e. The zero-order valence-corrected chi connectivity index (χ0v) is 13.6. The van der Waals surface area contributed by atoms with Crippen molar-refractivity contribution < 1.29 is 24.5 Å². The summed E-state index contributed by atoms with van der Waals surface area (Å²) in [6.45, 7) is -0.790. The van der Waals surface area contributed by atoms with Gasteiger partial charge in [-0.2, -0.15) is 4.98 Å². The van der Waals surface area contributed by atoms with Gasteiger partial charge >= 0.3 is 5.69 Å². The van der Waals surface area contributed by atoms with Crippen LogP contribution in [0, 0.1) is 0 Å². The Kier molecular flexibility index (Phi) is 4.86. The number of aliphatic hydroxyl groups excluding tert-OH is 2. The minimum Gasteiger partial charge on any atom is -0.394 e. The summed E-state index contributed by atoms with van der Waals surface area (Å²) in [5.74, 6) is -0.428. The van der Waals surface area contributed by atoms with Gasteiger partial charge in [0, 0.05) is 18.2 Å². The van der Waals surface area contributed by atoms with Gasteiger partial charge in [-0.1, -0.05) is 18.2 Å². The summed E-state index contributed by atoms with van der Waals surface area (Å²) in [4.78, 5) is 27.9. The molecule has 0 bridgehead atoms. The molecule has 1 amide bonds. The summed E-state index contributed by atoms with van der Waals surface area (Å²) in [6, 6.07) is 8.68. The molecule has 0 aliphatic heterocycles. The van der Waals surface area contributed by atoms with Crippen LogP contribution in [-0.4, -0.2) is 55.3 Å². The molecule has 9 heteroatoms. The second-order valence-electron chi connectivity index (χ2n) is 6.19. The van der Waals surface area contributed by atoms with Gasteiger partial charge in [-0.3, -0.25) is 9.36 Å².